The normalized spacial score (nSPS) is 18.1. The lowest BCUT2D eigenvalue weighted by molar-refractivity contribution is -0.175. The molecule has 1 rings (SSSR count). The first kappa shape index (κ1) is 12.9. The number of carbonyl (C=O) groups excluding carboxylic acids is 1. The number of esters is 1. The second-order valence-electron chi connectivity index (χ2n) is 3.94. The van der Waals surface area contributed by atoms with Crippen LogP contribution >= 0.6 is 0 Å². The quantitative estimate of drug-likeness (QED) is 0.758. The summed E-state index contributed by atoms with van der Waals surface area (Å²) in [6, 6.07) is 0. The fourth-order valence-corrected chi connectivity index (χ4v) is 1.67. The Morgan fingerprint density at radius 3 is 2.31 bits per heavy atom. The number of carboxylic acid groups (broad SMARTS) is 1. The highest BCUT2D eigenvalue weighted by atomic mass is 19.3. The molecule has 0 unspecified atom stereocenters. The third kappa shape index (κ3) is 3.75. The van der Waals surface area contributed by atoms with E-state index < -0.39 is 24.3 Å². The fourth-order valence-electron chi connectivity index (χ4n) is 1.67. The lowest BCUT2D eigenvalue weighted by Crippen LogP contribution is -2.33. The van der Waals surface area contributed by atoms with Crippen LogP contribution in [0.5, 0.6) is 0 Å². The van der Waals surface area contributed by atoms with Crippen molar-refractivity contribution in [3.8, 4) is 0 Å². The van der Waals surface area contributed by atoms with Gasteiger partial charge in [-0.3, -0.25) is 4.79 Å². The molecule has 1 fully saturated rings. The maximum atomic E-state index is 12.7. The molecule has 0 aliphatic heterocycles. The van der Waals surface area contributed by atoms with Crippen molar-refractivity contribution in [1.82, 2.24) is 0 Å². The SMILES string of the molecule is O=C(CC(F)(F)C(=O)O)OC1CCCCC1. The van der Waals surface area contributed by atoms with Crippen molar-refractivity contribution in [2.75, 3.05) is 0 Å². The van der Waals surface area contributed by atoms with Crippen LogP contribution in [-0.4, -0.2) is 29.1 Å². The smallest absolute Gasteiger partial charge is 0.375 e. The minimum Gasteiger partial charge on any atom is -0.477 e. The first-order valence-electron chi connectivity index (χ1n) is 5.22. The molecule has 1 N–H and O–H groups in total. The van der Waals surface area contributed by atoms with Crippen LogP contribution in [0.15, 0.2) is 0 Å². The Bertz CT molecular complexity index is 272. The first-order valence-corrected chi connectivity index (χ1v) is 5.22. The van der Waals surface area contributed by atoms with Gasteiger partial charge in [-0.15, -0.1) is 0 Å². The zero-order chi connectivity index (χ0) is 12.2. The summed E-state index contributed by atoms with van der Waals surface area (Å²) in [4.78, 5) is 21.2. The Balaban J connectivity index is 2.37. The number of rotatable bonds is 4. The zero-order valence-electron chi connectivity index (χ0n) is 8.75. The van der Waals surface area contributed by atoms with E-state index in [9.17, 15) is 18.4 Å². The van der Waals surface area contributed by atoms with E-state index in [1.165, 1.54) is 0 Å². The van der Waals surface area contributed by atoms with Crippen LogP contribution in [0.1, 0.15) is 38.5 Å². The fraction of sp³-hybridized carbons (Fsp3) is 0.800. The summed E-state index contributed by atoms with van der Waals surface area (Å²) in [5.74, 6) is -7.47. The van der Waals surface area contributed by atoms with Gasteiger partial charge in [0.25, 0.3) is 0 Å². The van der Waals surface area contributed by atoms with Crippen molar-refractivity contribution in [3.63, 3.8) is 0 Å². The van der Waals surface area contributed by atoms with Crippen molar-refractivity contribution in [1.29, 1.82) is 0 Å². The monoisotopic (exact) mass is 236 g/mol. The molecule has 6 heteroatoms. The molecule has 0 aromatic carbocycles. The van der Waals surface area contributed by atoms with E-state index in [0.717, 1.165) is 19.3 Å². The van der Waals surface area contributed by atoms with Crippen molar-refractivity contribution >= 4 is 11.9 Å². The number of aliphatic carboxylic acids is 1. The van der Waals surface area contributed by atoms with E-state index in [1.54, 1.807) is 0 Å². The molecular weight excluding hydrogens is 222 g/mol. The minimum atomic E-state index is -4.04. The number of ether oxygens (including phenoxy) is 1. The second kappa shape index (κ2) is 5.23. The molecule has 92 valence electrons. The minimum absolute atomic E-state index is 0.328. The highest BCUT2D eigenvalue weighted by molar-refractivity contribution is 5.82. The standard InChI is InChI=1S/C10H14F2O4/c11-10(12,9(14)15)6-8(13)16-7-4-2-1-3-5-7/h7H,1-6H2,(H,14,15). The van der Waals surface area contributed by atoms with Crippen molar-refractivity contribution in [3.05, 3.63) is 0 Å². The molecule has 0 saturated heterocycles. The third-order valence-electron chi connectivity index (χ3n) is 2.53. The Hall–Kier alpha value is -1.20. The van der Waals surface area contributed by atoms with Crippen molar-refractivity contribution in [2.45, 2.75) is 50.6 Å². The highest BCUT2D eigenvalue weighted by Gasteiger charge is 2.42. The predicted octanol–water partition coefficient (Wildman–Crippen LogP) is 1.97. The number of hydrogen-bond donors (Lipinski definition) is 1. The van der Waals surface area contributed by atoms with Gasteiger partial charge < -0.3 is 9.84 Å². The number of carboxylic acids is 1. The maximum Gasteiger partial charge on any atom is 0.375 e. The van der Waals surface area contributed by atoms with Gasteiger partial charge in [0.1, 0.15) is 12.5 Å². The predicted molar refractivity (Wildman–Crippen MR) is 50.2 cm³/mol. The second-order valence-corrected chi connectivity index (χ2v) is 3.94. The molecule has 16 heavy (non-hydrogen) atoms. The first-order chi connectivity index (χ1) is 7.42. The molecular formula is C10H14F2O4. The van der Waals surface area contributed by atoms with Crippen molar-refractivity contribution in [2.24, 2.45) is 0 Å². The van der Waals surface area contributed by atoms with E-state index >= 15 is 0 Å². The van der Waals surface area contributed by atoms with Gasteiger partial charge in [0.2, 0.25) is 0 Å². The van der Waals surface area contributed by atoms with E-state index in [2.05, 4.69) is 0 Å². The average molecular weight is 236 g/mol. The molecule has 0 amide bonds. The number of alkyl halides is 2. The lowest BCUT2D eigenvalue weighted by Gasteiger charge is -2.22. The van der Waals surface area contributed by atoms with E-state index in [1.807, 2.05) is 0 Å². The van der Waals surface area contributed by atoms with Gasteiger partial charge in [0.05, 0.1) is 0 Å². The van der Waals surface area contributed by atoms with E-state index in [0.29, 0.717) is 12.8 Å². The van der Waals surface area contributed by atoms with Crippen LogP contribution in [0.3, 0.4) is 0 Å². The Morgan fingerprint density at radius 2 is 1.81 bits per heavy atom. The van der Waals surface area contributed by atoms with Crippen LogP contribution in [0, 0.1) is 0 Å². The molecule has 0 atom stereocenters. The summed E-state index contributed by atoms with van der Waals surface area (Å²) < 4.78 is 30.1. The summed E-state index contributed by atoms with van der Waals surface area (Å²) >= 11 is 0. The highest BCUT2D eigenvalue weighted by Crippen LogP contribution is 2.23. The molecule has 1 aliphatic rings. The van der Waals surface area contributed by atoms with Gasteiger partial charge in [-0.25, -0.2) is 4.79 Å². The molecule has 0 bridgehead atoms. The van der Waals surface area contributed by atoms with Gasteiger partial charge in [0, 0.05) is 0 Å². The molecule has 0 aromatic heterocycles. The van der Waals surface area contributed by atoms with Gasteiger partial charge in [-0.1, -0.05) is 6.42 Å². The summed E-state index contributed by atoms with van der Waals surface area (Å²) in [5.41, 5.74) is 0. The topological polar surface area (TPSA) is 63.6 Å². The third-order valence-corrected chi connectivity index (χ3v) is 2.53. The summed E-state index contributed by atoms with van der Waals surface area (Å²) in [6.07, 6.45) is 2.50. The van der Waals surface area contributed by atoms with Gasteiger partial charge in [0.15, 0.2) is 0 Å². The number of halogens is 2. The summed E-state index contributed by atoms with van der Waals surface area (Å²) in [7, 11) is 0. The number of carbonyl (C=O) groups is 2. The van der Waals surface area contributed by atoms with Gasteiger partial charge in [-0.05, 0) is 25.7 Å². The van der Waals surface area contributed by atoms with Gasteiger partial charge >= 0.3 is 17.9 Å². The van der Waals surface area contributed by atoms with E-state index in [4.69, 9.17) is 9.84 Å². The zero-order valence-corrected chi connectivity index (χ0v) is 8.75. The van der Waals surface area contributed by atoms with Crippen LogP contribution in [0.4, 0.5) is 8.78 Å². The Kier molecular flexibility index (Phi) is 4.20. The molecule has 1 aliphatic carbocycles. The van der Waals surface area contributed by atoms with Crippen LogP contribution in [-0.2, 0) is 14.3 Å². The molecule has 0 aromatic rings. The molecule has 1 saturated carbocycles. The molecule has 0 heterocycles. The van der Waals surface area contributed by atoms with Crippen LogP contribution < -0.4 is 0 Å². The maximum absolute atomic E-state index is 12.7. The van der Waals surface area contributed by atoms with Crippen LogP contribution in [0.2, 0.25) is 0 Å². The molecule has 0 spiro atoms. The largest absolute Gasteiger partial charge is 0.477 e. The summed E-state index contributed by atoms with van der Waals surface area (Å²) in [6.45, 7) is 0. The van der Waals surface area contributed by atoms with E-state index in [-0.39, 0.29) is 6.10 Å². The molecule has 0 radical (unpaired) electrons. The Labute approximate surface area is 91.6 Å². The molecule has 4 nitrogen and oxygen atoms in total. The lowest BCUT2D eigenvalue weighted by atomic mass is 9.98. The summed E-state index contributed by atoms with van der Waals surface area (Å²) in [5, 5.41) is 8.14. The van der Waals surface area contributed by atoms with Gasteiger partial charge in [-0.2, -0.15) is 8.78 Å². The van der Waals surface area contributed by atoms with Crippen LogP contribution in [0.25, 0.3) is 0 Å². The number of hydrogen-bond acceptors (Lipinski definition) is 3. The van der Waals surface area contributed by atoms with Crippen molar-refractivity contribution < 1.29 is 28.2 Å². The average Bonchev–Trinajstić information content (AvgIpc) is 2.17. The Morgan fingerprint density at radius 1 is 1.25 bits per heavy atom.